The highest BCUT2D eigenvalue weighted by Gasteiger charge is 2.60. The van der Waals surface area contributed by atoms with Gasteiger partial charge in [0, 0.05) is 25.0 Å². The quantitative estimate of drug-likeness (QED) is 0.560. The molecule has 0 N–H and O–H groups in total. The van der Waals surface area contributed by atoms with E-state index in [1.807, 2.05) is 30.3 Å². The van der Waals surface area contributed by atoms with Crippen LogP contribution in [0.5, 0.6) is 0 Å². The zero-order valence-corrected chi connectivity index (χ0v) is 16.2. The van der Waals surface area contributed by atoms with Crippen molar-refractivity contribution in [2.75, 3.05) is 6.61 Å². The van der Waals surface area contributed by atoms with E-state index in [4.69, 9.17) is 14.2 Å². The Labute approximate surface area is 165 Å². The molecule has 2 aromatic rings. The molecule has 0 saturated carbocycles. The summed E-state index contributed by atoms with van der Waals surface area (Å²) >= 11 is 0. The van der Waals surface area contributed by atoms with Crippen LogP contribution in [0.3, 0.4) is 0 Å². The number of fused-ring (bicyclic) bond motifs is 1. The largest absolute Gasteiger partial charge is 0.482 e. The molecule has 4 atom stereocenters. The number of carbonyl (C=O) groups excluding carboxylic acids is 1. The first-order valence-electron chi connectivity index (χ1n) is 9.97. The Bertz CT molecular complexity index is 948. The summed E-state index contributed by atoms with van der Waals surface area (Å²) in [6, 6.07) is 18.2. The van der Waals surface area contributed by atoms with Gasteiger partial charge < -0.3 is 14.2 Å². The van der Waals surface area contributed by atoms with E-state index in [2.05, 4.69) is 31.2 Å². The second kappa shape index (κ2) is 6.49. The fourth-order valence-corrected chi connectivity index (χ4v) is 5.20. The standard InChI is InChI=1S/C24H24O4/c1-15(25)27-21(16-9-4-3-5-10-16)23-20-17-11-6-7-12-18(17)24(2,28-23)19-13-8-14-26-22(19)20/h3-7,9-12,19-20,22H,8,13-14H2,1-2H3/b23-21-. The van der Waals surface area contributed by atoms with Crippen molar-refractivity contribution in [3.8, 4) is 0 Å². The summed E-state index contributed by atoms with van der Waals surface area (Å²) in [5.41, 5.74) is 2.79. The minimum atomic E-state index is -0.494. The maximum Gasteiger partial charge on any atom is 0.308 e. The van der Waals surface area contributed by atoms with Crippen molar-refractivity contribution in [2.24, 2.45) is 5.92 Å². The second-order valence-corrected chi connectivity index (χ2v) is 8.01. The van der Waals surface area contributed by atoms with Gasteiger partial charge in [0.05, 0.1) is 12.0 Å². The van der Waals surface area contributed by atoms with Crippen molar-refractivity contribution in [1.29, 1.82) is 0 Å². The van der Waals surface area contributed by atoms with Crippen LogP contribution >= 0.6 is 0 Å². The van der Waals surface area contributed by atoms with Gasteiger partial charge in [-0.2, -0.15) is 0 Å². The third-order valence-electron chi connectivity index (χ3n) is 6.34. The highest BCUT2D eigenvalue weighted by molar-refractivity contribution is 5.78. The lowest BCUT2D eigenvalue weighted by molar-refractivity contribution is -0.188. The molecule has 0 radical (unpaired) electrons. The molecule has 144 valence electrons. The average Bonchev–Trinajstić information content (AvgIpc) is 2.73. The molecule has 0 spiro atoms. The molecule has 6 rings (SSSR count). The van der Waals surface area contributed by atoms with E-state index in [0.717, 1.165) is 25.0 Å². The van der Waals surface area contributed by atoms with Crippen LogP contribution in [0.1, 0.15) is 49.3 Å². The predicted octanol–water partition coefficient (Wildman–Crippen LogP) is 4.76. The van der Waals surface area contributed by atoms with E-state index in [1.54, 1.807) is 0 Å². The zero-order chi connectivity index (χ0) is 19.3. The van der Waals surface area contributed by atoms with Gasteiger partial charge in [-0.1, -0.05) is 54.6 Å². The van der Waals surface area contributed by atoms with Gasteiger partial charge in [0.15, 0.2) is 11.5 Å². The topological polar surface area (TPSA) is 44.8 Å². The van der Waals surface area contributed by atoms with Crippen LogP contribution < -0.4 is 0 Å². The lowest BCUT2D eigenvalue weighted by atomic mass is 9.61. The minimum absolute atomic E-state index is 0.0340. The van der Waals surface area contributed by atoms with Gasteiger partial charge in [0.2, 0.25) is 0 Å². The molecule has 2 saturated heterocycles. The van der Waals surface area contributed by atoms with Gasteiger partial charge in [-0.15, -0.1) is 0 Å². The lowest BCUT2D eigenvalue weighted by Gasteiger charge is -2.57. The minimum Gasteiger partial charge on any atom is -0.482 e. The van der Waals surface area contributed by atoms with Crippen LogP contribution in [0.2, 0.25) is 0 Å². The molecule has 1 aliphatic carbocycles. The Morgan fingerprint density at radius 1 is 1.11 bits per heavy atom. The van der Waals surface area contributed by atoms with Crippen LogP contribution in [0.15, 0.2) is 60.4 Å². The van der Waals surface area contributed by atoms with E-state index in [9.17, 15) is 4.79 Å². The van der Waals surface area contributed by atoms with Crippen molar-refractivity contribution in [3.63, 3.8) is 0 Å². The summed E-state index contributed by atoms with van der Waals surface area (Å²) in [4.78, 5) is 11.9. The third-order valence-corrected chi connectivity index (χ3v) is 6.34. The van der Waals surface area contributed by atoms with Crippen LogP contribution in [-0.4, -0.2) is 18.7 Å². The molecule has 3 aliphatic heterocycles. The molecule has 4 nitrogen and oxygen atoms in total. The molecule has 2 fully saturated rings. The molecule has 2 bridgehead atoms. The molecule has 2 aromatic carbocycles. The van der Waals surface area contributed by atoms with Crippen molar-refractivity contribution >= 4 is 11.7 Å². The van der Waals surface area contributed by atoms with Crippen LogP contribution in [0, 0.1) is 5.92 Å². The Morgan fingerprint density at radius 2 is 1.86 bits per heavy atom. The Kier molecular flexibility index (Phi) is 4.06. The van der Waals surface area contributed by atoms with E-state index >= 15 is 0 Å². The average molecular weight is 376 g/mol. The number of carbonyl (C=O) groups is 1. The van der Waals surface area contributed by atoms with Gasteiger partial charge in [0.25, 0.3) is 0 Å². The van der Waals surface area contributed by atoms with Gasteiger partial charge in [-0.05, 0) is 30.9 Å². The van der Waals surface area contributed by atoms with Crippen LogP contribution in [0.4, 0.5) is 0 Å². The normalized spacial score (nSPS) is 32.0. The van der Waals surface area contributed by atoms with Gasteiger partial charge in [-0.25, -0.2) is 0 Å². The Morgan fingerprint density at radius 3 is 2.64 bits per heavy atom. The van der Waals surface area contributed by atoms with Crippen LogP contribution in [0.25, 0.3) is 5.76 Å². The fourth-order valence-electron chi connectivity index (χ4n) is 5.20. The summed E-state index contributed by atoms with van der Waals surface area (Å²) in [7, 11) is 0. The van der Waals surface area contributed by atoms with E-state index in [-0.39, 0.29) is 18.0 Å². The van der Waals surface area contributed by atoms with Gasteiger partial charge in [0.1, 0.15) is 5.60 Å². The summed E-state index contributed by atoms with van der Waals surface area (Å²) in [5.74, 6) is 1.09. The summed E-state index contributed by atoms with van der Waals surface area (Å²) in [6.07, 6.45) is 2.16. The maximum absolute atomic E-state index is 11.9. The highest BCUT2D eigenvalue weighted by Crippen LogP contribution is 2.60. The van der Waals surface area contributed by atoms with Crippen molar-refractivity contribution in [2.45, 2.75) is 44.3 Å². The van der Waals surface area contributed by atoms with Crippen molar-refractivity contribution < 1.29 is 19.0 Å². The van der Waals surface area contributed by atoms with Gasteiger partial charge in [-0.3, -0.25) is 4.79 Å². The number of ether oxygens (including phenoxy) is 3. The first kappa shape index (κ1) is 17.5. The monoisotopic (exact) mass is 376 g/mol. The Hall–Kier alpha value is -2.59. The molecule has 3 heterocycles. The summed E-state index contributed by atoms with van der Waals surface area (Å²) in [5, 5.41) is 0. The van der Waals surface area contributed by atoms with E-state index in [1.165, 1.54) is 18.1 Å². The SMILES string of the molecule is CC(=O)O/C(=C1\OC2(C)c3ccccc3C1C1OCCCC12)c1ccccc1. The number of hydrogen-bond acceptors (Lipinski definition) is 4. The number of hydrogen-bond donors (Lipinski definition) is 0. The second-order valence-electron chi connectivity index (χ2n) is 8.01. The smallest absolute Gasteiger partial charge is 0.308 e. The molecule has 0 aromatic heterocycles. The number of benzene rings is 2. The highest BCUT2D eigenvalue weighted by atomic mass is 16.6. The number of esters is 1. The van der Waals surface area contributed by atoms with Crippen molar-refractivity contribution in [1.82, 2.24) is 0 Å². The molecular formula is C24H24O4. The van der Waals surface area contributed by atoms with Gasteiger partial charge >= 0.3 is 5.97 Å². The molecule has 4 unspecified atom stereocenters. The van der Waals surface area contributed by atoms with E-state index < -0.39 is 5.60 Å². The lowest BCUT2D eigenvalue weighted by Crippen LogP contribution is -2.57. The molecule has 4 aliphatic rings. The zero-order valence-electron chi connectivity index (χ0n) is 16.2. The molecule has 28 heavy (non-hydrogen) atoms. The molecule has 4 heteroatoms. The first-order chi connectivity index (χ1) is 13.6. The van der Waals surface area contributed by atoms with Crippen molar-refractivity contribution in [3.05, 3.63) is 77.0 Å². The summed E-state index contributed by atoms with van der Waals surface area (Å²) < 4.78 is 18.7. The first-order valence-corrected chi connectivity index (χ1v) is 9.97. The maximum atomic E-state index is 11.9. The van der Waals surface area contributed by atoms with E-state index in [0.29, 0.717) is 17.4 Å². The number of rotatable bonds is 2. The van der Waals surface area contributed by atoms with Crippen LogP contribution in [-0.2, 0) is 24.6 Å². The fraction of sp³-hybridized carbons (Fsp3) is 0.375. The summed E-state index contributed by atoms with van der Waals surface area (Å²) in [6.45, 7) is 4.35. The third kappa shape index (κ3) is 2.51. The predicted molar refractivity (Wildman–Crippen MR) is 105 cm³/mol. The molecule has 0 amide bonds. The molecular weight excluding hydrogens is 352 g/mol. The Balaban J connectivity index is 1.75.